The van der Waals surface area contributed by atoms with Crippen molar-refractivity contribution in [1.29, 1.82) is 0 Å². The molecule has 1 heterocycles. The van der Waals surface area contributed by atoms with Crippen LogP contribution in [-0.4, -0.2) is 24.3 Å². The van der Waals surface area contributed by atoms with Gasteiger partial charge in [-0.1, -0.05) is 6.92 Å². The molecule has 1 saturated carbocycles. The van der Waals surface area contributed by atoms with E-state index < -0.39 is 0 Å². The first kappa shape index (κ1) is 10.4. The van der Waals surface area contributed by atoms with E-state index in [0.717, 1.165) is 19.0 Å². The molecular formula is C12H23NO. The molecule has 0 unspecified atom stereocenters. The van der Waals surface area contributed by atoms with Crippen molar-refractivity contribution in [1.82, 2.24) is 5.32 Å². The van der Waals surface area contributed by atoms with Crippen molar-refractivity contribution < 1.29 is 4.74 Å². The minimum atomic E-state index is 0.0266. The van der Waals surface area contributed by atoms with Crippen molar-refractivity contribution in [3.05, 3.63) is 0 Å². The van der Waals surface area contributed by atoms with Gasteiger partial charge in [0.05, 0.1) is 11.2 Å². The number of morpholine rings is 1. The number of rotatable bonds is 0. The van der Waals surface area contributed by atoms with Crippen molar-refractivity contribution in [2.24, 2.45) is 5.92 Å². The maximum absolute atomic E-state index is 6.29. The van der Waals surface area contributed by atoms with E-state index in [4.69, 9.17) is 4.74 Å². The van der Waals surface area contributed by atoms with Gasteiger partial charge in [-0.3, -0.25) is 0 Å². The molecule has 1 spiro atoms. The number of hydrogen-bond donors (Lipinski definition) is 1. The van der Waals surface area contributed by atoms with Crippen LogP contribution in [0.1, 0.15) is 46.5 Å². The molecular weight excluding hydrogens is 174 g/mol. The Morgan fingerprint density at radius 2 is 1.79 bits per heavy atom. The molecule has 2 heteroatoms. The molecule has 2 nitrogen and oxygen atoms in total. The fourth-order valence-electron chi connectivity index (χ4n) is 2.82. The summed E-state index contributed by atoms with van der Waals surface area (Å²) in [6.45, 7) is 8.79. The standard InChI is InChI=1S/C12H23NO/c1-10-4-6-12(7-5-10)9-13-8-11(2,3)14-12/h10,13H,4-9H2,1-3H3. The van der Waals surface area contributed by atoms with Gasteiger partial charge in [0.1, 0.15) is 0 Å². The van der Waals surface area contributed by atoms with Crippen molar-refractivity contribution >= 4 is 0 Å². The van der Waals surface area contributed by atoms with Crippen LogP contribution in [0.25, 0.3) is 0 Å². The molecule has 0 aromatic heterocycles. The van der Waals surface area contributed by atoms with Gasteiger partial charge in [-0.05, 0) is 45.4 Å². The van der Waals surface area contributed by atoms with Crippen LogP contribution in [0.3, 0.4) is 0 Å². The van der Waals surface area contributed by atoms with Crippen molar-refractivity contribution in [3.63, 3.8) is 0 Å². The van der Waals surface area contributed by atoms with Gasteiger partial charge in [-0.2, -0.15) is 0 Å². The normalized spacial score (nSPS) is 42.6. The van der Waals surface area contributed by atoms with Crippen LogP contribution in [0.5, 0.6) is 0 Å². The first-order valence-corrected chi connectivity index (χ1v) is 5.92. The van der Waals surface area contributed by atoms with E-state index in [-0.39, 0.29) is 11.2 Å². The quantitative estimate of drug-likeness (QED) is 0.643. The van der Waals surface area contributed by atoms with Crippen molar-refractivity contribution in [2.75, 3.05) is 13.1 Å². The van der Waals surface area contributed by atoms with Gasteiger partial charge in [0.2, 0.25) is 0 Å². The topological polar surface area (TPSA) is 21.3 Å². The molecule has 0 bridgehead atoms. The van der Waals surface area contributed by atoms with Crippen LogP contribution in [0.15, 0.2) is 0 Å². The van der Waals surface area contributed by atoms with Gasteiger partial charge in [0.15, 0.2) is 0 Å². The summed E-state index contributed by atoms with van der Waals surface area (Å²) in [4.78, 5) is 0. The second-order valence-electron chi connectivity index (χ2n) is 5.83. The average molecular weight is 197 g/mol. The Labute approximate surface area is 87.4 Å². The molecule has 0 radical (unpaired) electrons. The zero-order chi connectivity index (χ0) is 10.2. The summed E-state index contributed by atoms with van der Waals surface area (Å²) in [6, 6.07) is 0. The molecule has 1 aliphatic carbocycles. The highest BCUT2D eigenvalue weighted by molar-refractivity contribution is 4.95. The fourth-order valence-corrected chi connectivity index (χ4v) is 2.82. The van der Waals surface area contributed by atoms with Crippen LogP contribution < -0.4 is 5.32 Å². The lowest BCUT2D eigenvalue weighted by atomic mass is 9.78. The predicted octanol–water partition coefficient (Wildman–Crippen LogP) is 2.33. The van der Waals surface area contributed by atoms with Gasteiger partial charge < -0.3 is 10.1 Å². The van der Waals surface area contributed by atoms with Crippen LogP contribution in [-0.2, 0) is 4.74 Å². The highest BCUT2D eigenvalue weighted by atomic mass is 16.5. The molecule has 82 valence electrons. The molecule has 2 fully saturated rings. The number of ether oxygens (including phenoxy) is 1. The summed E-state index contributed by atoms with van der Waals surface area (Å²) in [5, 5.41) is 3.53. The lowest BCUT2D eigenvalue weighted by Crippen LogP contribution is -2.59. The highest BCUT2D eigenvalue weighted by Gasteiger charge is 2.42. The van der Waals surface area contributed by atoms with Gasteiger partial charge >= 0.3 is 0 Å². The van der Waals surface area contributed by atoms with E-state index in [0.29, 0.717) is 0 Å². The third kappa shape index (κ3) is 2.12. The van der Waals surface area contributed by atoms with Gasteiger partial charge in [-0.25, -0.2) is 0 Å². The lowest BCUT2D eigenvalue weighted by Gasteiger charge is -2.48. The number of hydrogen-bond acceptors (Lipinski definition) is 2. The lowest BCUT2D eigenvalue weighted by molar-refractivity contribution is -0.178. The Balaban J connectivity index is 2.01. The molecule has 0 atom stereocenters. The third-order valence-corrected chi connectivity index (χ3v) is 3.68. The molecule has 1 N–H and O–H groups in total. The first-order valence-electron chi connectivity index (χ1n) is 5.92. The molecule has 0 aromatic rings. The number of nitrogens with one attached hydrogen (secondary N) is 1. The minimum absolute atomic E-state index is 0.0266. The van der Waals surface area contributed by atoms with Crippen LogP contribution in [0, 0.1) is 5.92 Å². The van der Waals surface area contributed by atoms with Gasteiger partial charge in [0, 0.05) is 13.1 Å². The fraction of sp³-hybridized carbons (Fsp3) is 1.00. The molecule has 1 aliphatic heterocycles. The average Bonchev–Trinajstić information content (AvgIpc) is 2.09. The van der Waals surface area contributed by atoms with E-state index in [1.165, 1.54) is 25.7 Å². The summed E-state index contributed by atoms with van der Waals surface area (Å²) < 4.78 is 6.29. The zero-order valence-corrected chi connectivity index (χ0v) is 9.73. The van der Waals surface area contributed by atoms with Crippen molar-refractivity contribution in [2.45, 2.75) is 57.7 Å². The van der Waals surface area contributed by atoms with Crippen LogP contribution in [0.2, 0.25) is 0 Å². The summed E-state index contributed by atoms with van der Waals surface area (Å²) in [5.74, 6) is 0.897. The summed E-state index contributed by atoms with van der Waals surface area (Å²) >= 11 is 0. The third-order valence-electron chi connectivity index (χ3n) is 3.68. The Kier molecular flexibility index (Phi) is 2.61. The maximum atomic E-state index is 6.29. The predicted molar refractivity (Wildman–Crippen MR) is 58.4 cm³/mol. The summed E-state index contributed by atoms with van der Waals surface area (Å²) in [5.41, 5.74) is 0.188. The van der Waals surface area contributed by atoms with Crippen molar-refractivity contribution in [3.8, 4) is 0 Å². The Morgan fingerprint density at radius 1 is 1.14 bits per heavy atom. The van der Waals surface area contributed by atoms with Gasteiger partial charge in [-0.15, -0.1) is 0 Å². The molecule has 0 amide bonds. The maximum Gasteiger partial charge on any atom is 0.0814 e. The van der Waals surface area contributed by atoms with E-state index in [1.54, 1.807) is 0 Å². The Hall–Kier alpha value is -0.0800. The van der Waals surface area contributed by atoms with Gasteiger partial charge in [0.25, 0.3) is 0 Å². The second kappa shape index (κ2) is 3.49. The Morgan fingerprint density at radius 3 is 2.36 bits per heavy atom. The van der Waals surface area contributed by atoms with Crippen LogP contribution >= 0.6 is 0 Å². The van der Waals surface area contributed by atoms with E-state index >= 15 is 0 Å². The largest absolute Gasteiger partial charge is 0.366 e. The molecule has 2 rings (SSSR count). The highest BCUT2D eigenvalue weighted by Crippen LogP contribution is 2.38. The van der Waals surface area contributed by atoms with E-state index in [9.17, 15) is 0 Å². The van der Waals surface area contributed by atoms with Crippen LogP contribution in [0.4, 0.5) is 0 Å². The zero-order valence-electron chi connectivity index (χ0n) is 9.73. The summed E-state index contributed by atoms with van der Waals surface area (Å²) in [7, 11) is 0. The first-order chi connectivity index (χ1) is 6.52. The molecule has 2 aliphatic rings. The molecule has 0 aromatic carbocycles. The Bertz CT molecular complexity index is 204. The second-order valence-corrected chi connectivity index (χ2v) is 5.83. The summed E-state index contributed by atoms with van der Waals surface area (Å²) in [6.07, 6.45) is 5.14. The smallest absolute Gasteiger partial charge is 0.0814 e. The van der Waals surface area contributed by atoms with E-state index in [1.807, 2.05) is 0 Å². The SMILES string of the molecule is CC1CCC2(CC1)CNCC(C)(C)O2. The minimum Gasteiger partial charge on any atom is -0.366 e. The molecule has 14 heavy (non-hydrogen) atoms. The molecule has 1 saturated heterocycles. The van der Waals surface area contributed by atoms with E-state index in [2.05, 4.69) is 26.1 Å². The monoisotopic (exact) mass is 197 g/mol.